The van der Waals surface area contributed by atoms with Crippen LogP contribution in [0.1, 0.15) is 5.56 Å². The molecule has 0 aliphatic carbocycles. The first-order chi connectivity index (χ1) is 8.40. The van der Waals surface area contributed by atoms with Crippen LogP contribution in [0.15, 0.2) is 22.5 Å². The third-order valence-electron chi connectivity index (χ3n) is 2.08. The van der Waals surface area contributed by atoms with Gasteiger partial charge in [0.25, 0.3) is 10.0 Å². The zero-order valence-electron chi connectivity index (χ0n) is 9.02. The molecule has 0 aliphatic rings. The predicted octanol–water partition coefficient (Wildman–Crippen LogP) is 2.95. The van der Waals surface area contributed by atoms with E-state index in [1.54, 1.807) is 6.92 Å². The van der Waals surface area contributed by atoms with E-state index in [4.69, 9.17) is 23.2 Å². The number of hydrogen-bond donors (Lipinski definition) is 1. The molecule has 96 valence electrons. The van der Waals surface area contributed by atoms with Gasteiger partial charge in [0.05, 0.1) is 5.02 Å². The van der Waals surface area contributed by atoms with Crippen molar-refractivity contribution < 1.29 is 8.42 Å². The van der Waals surface area contributed by atoms with Crippen LogP contribution in [0.25, 0.3) is 0 Å². The van der Waals surface area contributed by atoms with Gasteiger partial charge in [-0.15, -0.1) is 10.2 Å². The van der Waals surface area contributed by atoms with Crippen molar-refractivity contribution in [2.75, 3.05) is 4.72 Å². The molecule has 0 aliphatic heterocycles. The van der Waals surface area contributed by atoms with Crippen LogP contribution in [0, 0.1) is 6.92 Å². The van der Waals surface area contributed by atoms with Crippen LogP contribution in [0.2, 0.25) is 10.0 Å². The highest BCUT2D eigenvalue weighted by Crippen LogP contribution is 2.29. The van der Waals surface area contributed by atoms with Gasteiger partial charge >= 0.3 is 0 Å². The first kappa shape index (κ1) is 13.5. The fraction of sp³-hybridized carbons (Fsp3) is 0.111. The molecule has 0 saturated heterocycles. The second kappa shape index (κ2) is 5.00. The lowest BCUT2D eigenvalue weighted by atomic mass is 10.2. The molecule has 2 rings (SSSR count). The van der Waals surface area contributed by atoms with Crippen molar-refractivity contribution in [1.82, 2.24) is 10.2 Å². The van der Waals surface area contributed by atoms with Gasteiger partial charge in [-0.1, -0.05) is 34.5 Å². The molecule has 18 heavy (non-hydrogen) atoms. The van der Waals surface area contributed by atoms with Crippen molar-refractivity contribution in [2.45, 2.75) is 11.8 Å². The number of anilines is 1. The number of benzene rings is 1. The Kier molecular flexibility index (Phi) is 3.76. The molecule has 0 spiro atoms. The summed E-state index contributed by atoms with van der Waals surface area (Å²) in [6.45, 7) is 1.70. The number of rotatable bonds is 3. The van der Waals surface area contributed by atoms with Crippen LogP contribution in [-0.4, -0.2) is 18.6 Å². The number of sulfonamides is 1. The van der Waals surface area contributed by atoms with Crippen molar-refractivity contribution >= 4 is 49.7 Å². The third-order valence-corrected chi connectivity index (χ3v) is 5.03. The number of halogens is 2. The van der Waals surface area contributed by atoms with Gasteiger partial charge in [-0.25, -0.2) is 8.42 Å². The normalized spacial score (nSPS) is 11.5. The van der Waals surface area contributed by atoms with Gasteiger partial charge in [-0.3, -0.25) is 4.72 Å². The standard InChI is InChI=1S/C9H7Cl2N3O2S2/c1-5-2-8(7(11)3-6(5)10)18(15,16)14-9-13-12-4-17-9/h2-4H,1H3,(H,13,14). The Morgan fingerprint density at radius 1 is 1.28 bits per heavy atom. The maximum Gasteiger partial charge on any atom is 0.265 e. The summed E-state index contributed by atoms with van der Waals surface area (Å²) in [6.07, 6.45) is 0. The largest absolute Gasteiger partial charge is 0.265 e. The van der Waals surface area contributed by atoms with Gasteiger partial charge in [-0.05, 0) is 24.6 Å². The maximum absolute atomic E-state index is 12.1. The van der Waals surface area contributed by atoms with Crippen molar-refractivity contribution in [1.29, 1.82) is 0 Å². The summed E-state index contributed by atoms with van der Waals surface area (Å²) < 4.78 is 26.5. The Bertz CT molecular complexity index is 671. The SMILES string of the molecule is Cc1cc(S(=O)(=O)Nc2nncs2)c(Cl)cc1Cl. The zero-order chi connectivity index (χ0) is 13.3. The van der Waals surface area contributed by atoms with Crippen LogP contribution in [0.4, 0.5) is 5.13 Å². The second-order valence-corrected chi connectivity index (χ2v) is 6.68. The summed E-state index contributed by atoms with van der Waals surface area (Å²) >= 11 is 12.8. The van der Waals surface area contributed by atoms with E-state index < -0.39 is 10.0 Å². The van der Waals surface area contributed by atoms with E-state index in [1.165, 1.54) is 17.6 Å². The first-order valence-electron chi connectivity index (χ1n) is 4.65. The van der Waals surface area contributed by atoms with Crippen molar-refractivity contribution in [3.05, 3.63) is 33.3 Å². The van der Waals surface area contributed by atoms with Crippen LogP contribution in [0.5, 0.6) is 0 Å². The molecule has 5 nitrogen and oxygen atoms in total. The smallest absolute Gasteiger partial charge is 0.253 e. The zero-order valence-corrected chi connectivity index (χ0v) is 12.2. The molecule has 2 aromatic rings. The fourth-order valence-corrected chi connectivity index (χ4v) is 3.75. The van der Waals surface area contributed by atoms with Gasteiger partial charge in [-0.2, -0.15) is 0 Å². The van der Waals surface area contributed by atoms with E-state index in [0.29, 0.717) is 10.6 Å². The number of hydrogen-bond acceptors (Lipinski definition) is 5. The molecule has 0 radical (unpaired) electrons. The minimum atomic E-state index is -3.79. The van der Waals surface area contributed by atoms with E-state index in [2.05, 4.69) is 14.9 Å². The van der Waals surface area contributed by atoms with Crippen LogP contribution >= 0.6 is 34.5 Å². The van der Waals surface area contributed by atoms with Gasteiger partial charge in [0.2, 0.25) is 5.13 Å². The summed E-state index contributed by atoms with van der Waals surface area (Å²) in [4.78, 5) is -0.0405. The van der Waals surface area contributed by atoms with Gasteiger partial charge in [0.15, 0.2) is 0 Å². The van der Waals surface area contributed by atoms with E-state index in [9.17, 15) is 8.42 Å². The summed E-state index contributed by atoms with van der Waals surface area (Å²) in [5.74, 6) is 0. The van der Waals surface area contributed by atoms with Crippen LogP contribution in [0.3, 0.4) is 0 Å². The van der Waals surface area contributed by atoms with Crippen molar-refractivity contribution in [3.63, 3.8) is 0 Å². The number of nitrogens with zero attached hydrogens (tertiary/aromatic N) is 2. The molecule has 0 atom stereocenters. The quantitative estimate of drug-likeness (QED) is 0.942. The lowest BCUT2D eigenvalue weighted by molar-refractivity contribution is 0.601. The highest BCUT2D eigenvalue weighted by molar-refractivity contribution is 7.93. The number of nitrogens with one attached hydrogen (secondary N) is 1. The van der Waals surface area contributed by atoms with Gasteiger partial charge < -0.3 is 0 Å². The molecule has 9 heteroatoms. The van der Waals surface area contributed by atoms with Gasteiger partial charge in [0.1, 0.15) is 10.4 Å². The summed E-state index contributed by atoms with van der Waals surface area (Å²) in [5.41, 5.74) is 2.05. The minimum absolute atomic E-state index is 0.0405. The fourth-order valence-electron chi connectivity index (χ4n) is 1.22. The van der Waals surface area contributed by atoms with Crippen LogP contribution < -0.4 is 4.72 Å². The van der Waals surface area contributed by atoms with Gasteiger partial charge in [0, 0.05) is 5.02 Å². The number of aromatic nitrogens is 2. The second-order valence-electron chi connectivity index (χ2n) is 3.38. The lowest BCUT2D eigenvalue weighted by Crippen LogP contribution is -2.13. The maximum atomic E-state index is 12.1. The van der Waals surface area contributed by atoms with Crippen molar-refractivity contribution in [3.8, 4) is 0 Å². The summed E-state index contributed by atoms with van der Waals surface area (Å²) in [6, 6.07) is 2.81. The molecule has 0 bridgehead atoms. The molecular formula is C9H7Cl2N3O2S2. The highest BCUT2D eigenvalue weighted by Gasteiger charge is 2.20. The van der Waals surface area contributed by atoms with Crippen molar-refractivity contribution in [2.24, 2.45) is 0 Å². The van der Waals surface area contributed by atoms with E-state index >= 15 is 0 Å². The van der Waals surface area contributed by atoms with E-state index in [-0.39, 0.29) is 15.0 Å². The monoisotopic (exact) mass is 323 g/mol. The van der Waals surface area contributed by atoms with E-state index in [0.717, 1.165) is 11.3 Å². The average Bonchev–Trinajstić information content (AvgIpc) is 2.75. The Morgan fingerprint density at radius 3 is 2.61 bits per heavy atom. The summed E-state index contributed by atoms with van der Waals surface area (Å²) in [5, 5.41) is 7.80. The first-order valence-corrected chi connectivity index (χ1v) is 7.76. The third kappa shape index (κ3) is 2.74. The average molecular weight is 324 g/mol. The van der Waals surface area contributed by atoms with Crippen LogP contribution in [-0.2, 0) is 10.0 Å². The topological polar surface area (TPSA) is 72.0 Å². The number of aryl methyl sites for hydroxylation is 1. The highest BCUT2D eigenvalue weighted by atomic mass is 35.5. The Morgan fingerprint density at radius 2 is 2.00 bits per heavy atom. The molecule has 0 unspecified atom stereocenters. The molecular weight excluding hydrogens is 317 g/mol. The minimum Gasteiger partial charge on any atom is -0.253 e. The predicted molar refractivity (Wildman–Crippen MR) is 71.9 cm³/mol. The van der Waals surface area contributed by atoms with E-state index in [1.807, 2.05) is 0 Å². The molecule has 1 aromatic carbocycles. The Balaban J connectivity index is 2.44. The summed E-state index contributed by atoms with van der Waals surface area (Å²) in [7, 11) is -3.79. The molecule has 1 aromatic heterocycles. The molecule has 0 amide bonds. The molecule has 0 saturated carbocycles. The Labute approximate surface area is 118 Å². The lowest BCUT2D eigenvalue weighted by Gasteiger charge is -2.08. The molecule has 0 fully saturated rings. The Hall–Kier alpha value is -0.890. The molecule has 1 heterocycles. The molecule has 1 N–H and O–H groups in total.